The standard InChI is InChI=1S/C17H21N3O3/c1-19-9-7-15-14(11-19)17(18-20(15)10-8-16(21)22)12-3-5-13(23-2)6-4-12/h3-6H,7-11H2,1-2H3,(H,21,22). The highest BCUT2D eigenvalue weighted by molar-refractivity contribution is 5.67. The number of aliphatic carboxylic acids is 1. The number of aromatic nitrogens is 2. The van der Waals surface area contributed by atoms with Gasteiger partial charge in [-0.3, -0.25) is 9.48 Å². The number of hydrogen-bond donors (Lipinski definition) is 1. The molecule has 3 rings (SSSR count). The second-order valence-corrected chi connectivity index (χ2v) is 5.86. The van der Waals surface area contributed by atoms with Crippen LogP contribution in [-0.4, -0.2) is 46.5 Å². The summed E-state index contributed by atoms with van der Waals surface area (Å²) in [6.45, 7) is 2.22. The van der Waals surface area contributed by atoms with Crippen molar-refractivity contribution in [2.45, 2.75) is 25.9 Å². The molecule has 2 heterocycles. The van der Waals surface area contributed by atoms with Crippen LogP contribution in [0.3, 0.4) is 0 Å². The van der Waals surface area contributed by atoms with Crippen molar-refractivity contribution in [1.29, 1.82) is 0 Å². The van der Waals surface area contributed by atoms with Gasteiger partial charge in [0, 0.05) is 36.3 Å². The van der Waals surface area contributed by atoms with E-state index in [0.29, 0.717) is 6.54 Å². The molecule has 1 aliphatic heterocycles. The average molecular weight is 315 g/mol. The van der Waals surface area contributed by atoms with Crippen molar-refractivity contribution in [3.05, 3.63) is 35.5 Å². The average Bonchev–Trinajstić information content (AvgIpc) is 2.91. The number of nitrogens with zero attached hydrogens (tertiary/aromatic N) is 3. The number of benzene rings is 1. The summed E-state index contributed by atoms with van der Waals surface area (Å²) < 4.78 is 7.08. The van der Waals surface area contributed by atoms with Crippen LogP contribution in [0, 0.1) is 0 Å². The van der Waals surface area contributed by atoms with Gasteiger partial charge in [0.2, 0.25) is 0 Å². The van der Waals surface area contributed by atoms with Crippen LogP contribution >= 0.6 is 0 Å². The number of carboxylic acids is 1. The van der Waals surface area contributed by atoms with E-state index in [1.54, 1.807) is 7.11 Å². The monoisotopic (exact) mass is 315 g/mol. The predicted molar refractivity (Wildman–Crippen MR) is 86.5 cm³/mol. The van der Waals surface area contributed by atoms with Crippen LogP contribution in [-0.2, 0) is 24.3 Å². The first-order valence-corrected chi connectivity index (χ1v) is 7.72. The number of methoxy groups -OCH3 is 1. The number of aryl methyl sites for hydroxylation is 1. The van der Waals surface area contributed by atoms with Crippen molar-refractivity contribution in [2.75, 3.05) is 20.7 Å². The molecule has 0 spiro atoms. The molecule has 23 heavy (non-hydrogen) atoms. The number of fused-ring (bicyclic) bond motifs is 1. The molecule has 1 aromatic carbocycles. The van der Waals surface area contributed by atoms with E-state index in [0.717, 1.165) is 42.2 Å². The van der Waals surface area contributed by atoms with Crippen LogP contribution in [0.15, 0.2) is 24.3 Å². The number of likely N-dealkylation sites (N-methyl/N-ethyl adjacent to an activating group) is 1. The summed E-state index contributed by atoms with van der Waals surface area (Å²) in [7, 11) is 3.74. The molecule has 0 saturated carbocycles. The molecule has 0 bridgehead atoms. The number of hydrogen-bond acceptors (Lipinski definition) is 4. The number of ether oxygens (including phenoxy) is 1. The van der Waals surface area contributed by atoms with Gasteiger partial charge in [-0.05, 0) is 31.3 Å². The first-order chi connectivity index (χ1) is 11.1. The van der Waals surface area contributed by atoms with Crippen LogP contribution in [0.2, 0.25) is 0 Å². The van der Waals surface area contributed by atoms with Crippen LogP contribution in [0.25, 0.3) is 11.3 Å². The van der Waals surface area contributed by atoms with Crippen LogP contribution < -0.4 is 4.74 Å². The number of carboxylic acid groups (broad SMARTS) is 1. The maximum absolute atomic E-state index is 10.9. The summed E-state index contributed by atoms with van der Waals surface area (Å²) in [4.78, 5) is 13.1. The summed E-state index contributed by atoms with van der Waals surface area (Å²) in [5, 5.41) is 13.6. The molecule has 6 nitrogen and oxygen atoms in total. The van der Waals surface area contributed by atoms with Gasteiger partial charge in [-0.15, -0.1) is 0 Å². The lowest BCUT2D eigenvalue weighted by atomic mass is 10.0. The highest BCUT2D eigenvalue weighted by Crippen LogP contribution is 2.30. The Labute approximate surface area is 135 Å². The highest BCUT2D eigenvalue weighted by atomic mass is 16.5. The normalized spacial score (nSPS) is 14.5. The zero-order valence-corrected chi connectivity index (χ0v) is 13.5. The summed E-state index contributed by atoms with van der Waals surface area (Å²) in [5.74, 6) is 0.0122. The Morgan fingerprint density at radius 1 is 1.35 bits per heavy atom. The molecule has 0 atom stereocenters. The SMILES string of the molecule is COc1ccc(-c2nn(CCC(=O)O)c3c2CN(C)CC3)cc1. The second-order valence-electron chi connectivity index (χ2n) is 5.86. The van der Waals surface area contributed by atoms with Gasteiger partial charge in [-0.1, -0.05) is 0 Å². The maximum atomic E-state index is 10.9. The van der Waals surface area contributed by atoms with E-state index in [4.69, 9.17) is 14.9 Å². The molecule has 0 unspecified atom stereocenters. The fraction of sp³-hybridized carbons (Fsp3) is 0.412. The van der Waals surface area contributed by atoms with Crippen LogP contribution in [0.1, 0.15) is 17.7 Å². The van der Waals surface area contributed by atoms with Gasteiger partial charge in [-0.2, -0.15) is 5.10 Å². The van der Waals surface area contributed by atoms with Gasteiger partial charge < -0.3 is 14.7 Å². The molecule has 0 fully saturated rings. The molecule has 1 aromatic heterocycles. The predicted octanol–water partition coefficient (Wildman–Crippen LogP) is 2.02. The van der Waals surface area contributed by atoms with Gasteiger partial charge in [0.05, 0.1) is 25.8 Å². The minimum atomic E-state index is -0.798. The fourth-order valence-corrected chi connectivity index (χ4v) is 2.99. The summed E-state index contributed by atoms with van der Waals surface area (Å²) in [6, 6.07) is 7.84. The third-order valence-corrected chi connectivity index (χ3v) is 4.23. The molecule has 0 radical (unpaired) electrons. The smallest absolute Gasteiger partial charge is 0.305 e. The Kier molecular flexibility index (Phi) is 4.34. The Morgan fingerprint density at radius 3 is 2.74 bits per heavy atom. The largest absolute Gasteiger partial charge is 0.497 e. The van der Waals surface area contributed by atoms with Crippen LogP contribution in [0.5, 0.6) is 5.75 Å². The Morgan fingerprint density at radius 2 is 2.09 bits per heavy atom. The van der Waals surface area contributed by atoms with Crippen molar-refractivity contribution in [3.63, 3.8) is 0 Å². The summed E-state index contributed by atoms with van der Waals surface area (Å²) in [6.07, 6.45) is 0.987. The third kappa shape index (κ3) is 3.22. The van der Waals surface area contributed by atoms with Gasteiger partial charge in [0.15, 0.2) is 0 Å². The quantitative estimate of drug-likeness (QED) is 0.914. The van der Waals surface area contributed by atoms with E-state index >= 15 is 0 Å². The van der Waals surface area contributed by atoms with E-state index < -0.39 is 5.97 Å². The minimum absolute atomic E-state index is 0.0893. The second kappa shape index (κ2) is 6.42. The lowest BCUT2D eigenvalue weighted by Crippen LogP contribution is -2.27. The van der Waals surface area contributed by atoms with E-state index in [1.807, 2.05) is 28.9 Å². The molecule has 0 saturated heterocycles. The summed E-state index contributed by atoms with van der Waals surface area (Å²) in [5.41, 5.74) is 4.34. The van der Waals surface area contributed by atoms with E-state index in [-0.39, 0.29) is 6.42 Å². The molecule has 6 heteroatoms. The van der Waals surface area contributed by atoms with Crippen molar-refractivity contribution in [2.24, 2.45) is 0 Å². The Bertz CT molecular complexity index is 707. The third-order valence-electron chi connectivity index (χ3n) is 4.23. The number of rotatable bonds is 5. The van der Waals surface area contributed by atoms with Crippen LogP contribution in [0.4, 0.5) is 0 Å². The highest BCUT2D eigenvalue weighted by Gasteiger charge is 2.24. The van der Waals surface area contributed by atoms with Crippen molar-refractivity contribution >= 4 is 5.97 Å². The Hall–Kier alpha value is -2.34. The molecule has 1 N–H and O–H groups in total. The molecule has 0 aliphatic carbocycles. The van der Waals surface area contributed by atoms with E-state index in [9.17, 15) is 4.79 Å². The molecule has 2 aromatic rings. The van der Waals surface area contributed by atoms with Gasteiger partial charge in [-0.25, -0.2) is 0 Å². The van der Waals surface area contributed by atoms with Gasteiger partial charge >= 0.3 is 5.97 Å². The van der Waals surface area contributed by atoms with Crippen molar-refractivity contribution in [3.8, 4) is 17.0 Å². The Balaban J connectivity index is 1.99. The lowest BCUT2D eigenvalue weighted by Gasteiger charge is -2.23. The van der Waals surface area contributed by atoms with Crippen molar-refractivity contribution < 1.29 is 14.6 Å². The van der Waals surface area contributed by atoms with Gasteiger partial charge in [0.25, 0.3) is 0 Å². The fourth-order valence-electron chi connectivity index (χ4n) is 2.99. The molecule has 0 amide bonds. The summed E-state index contributed by atoms with van der Waals surface area (Å²) >= 11 is 0. The minimum Gasteiger partial charge on any atom is -0.497 e. The molecule has 122 valence electrons. The molecule has 1 aliphatic rings. The van der Waals surface area contributed by atoms with Gasteiger partial charge in [0.1, 0.15) is 5.75 Å². The zero-order valence-electron chi connectivity index (χ0n) is 13.5. The molecular weight excluding hydrogens is 294 g/mol. The van der Waals surface area contributed by atoms with E-state index in [1.165, 1.54) is 5.56 Å². The topological polar surface area (TPSA) is 67.6 Å². The lowest BCUT2D eigenvalue weighted by molar-refractivity contribution is -0.137. The maximum Gasteiger partial charge on any atom is 0.305 e. The number of carbonyl (C=O) groups is 1. The van der Waals surface area contributed by atoms with E-state index in [2.05, 4.69) is 11.9 Å². The molecular formula is C17H21N3O3. The first kappa shape index (κ1) is 15.6. The zero-order chi connectivity index (χ0) is 16.4. The van der Waals surface area contributed by atoms with Crippen molar-refractivity contribution in [1.82, 2.24) is 14.7 Å². The first-order valence-electron chi connectivity index (χ1n) is 7.72.